The predicted octanol–water partition coefficient (Wildman–Crippen LogP) is 2.08. The maximum atomic E-state index is 11.7. The molecule has 4 nitrogen and oxygen atoms in total. The number of ether oxygens (including phenoxy) is 1. The van der Waals surface area contributed by atoms with Crippen molar-refractivity contribution in [3.8, 4) is 0 Å². The molecule has 1 amide bonds. The first kappa shape index (κ1) is 11.9. The number of hydrogen-bond donors (Lipinski definition) is 2. The van der Waals surface area contributed by atoms with Crippen LogP contribution in [-0.2, 0) is 9.53 Å². The second kappa shape index (κ2) is 5.19. The molecular weight excluding hydrogens is 216 g/mol. The zero-order valence-corrected chi connectivity index (χ0v) is 10.0. The maximum absolute atomic E-state index is 11.7. The van der Waals surface area contributed by atoms with Crippen LogP contribution in [0.15, 0.2) is 18.2 Å². The molecular formula is C13H18N2O2. The number of para-hydroxylation sites is 1. The van der Waals surface area contributed by atoms with Gasteiger partial charge in [0.15, 0.2) is 0 Å². The number of aryl methyl sites for hydroxylation is 1. The van der Waals surface area contributed by atoms with Gasteiger partial charge in [0.25, 0.3) is 0 Å². The largest absolute Gasteiger partial charge is 0.397 e. The molecule has 1 fully saturated rings. The Kier molecular flexibility index (Phi) is 3.64. The number of amides is 1. The van der Waals surface area contributed by atoms with Gasteiger partial charge >= 0.3 is 0 Å². The molecule has 0 aliphatic heterocycles. The van der Waals surface area contributed by atoms with E-state index in [-0.39, 0.29) is 18.6 Å². The zero-order valence-electron chi connectivity index (χ0n) is 10.0. The van der Waals surface area contributed by atoms with Crippen molar-refractivity contribution in [2.75, 3.05) is 17.7 Å². The third-order valence-electron chi connectivity index (χ3n) is 3.07. The molecule has 1 aliphatic carbocycles. The van der Waals surface area contributed by atoms with Crippen LogP contribution in [0.3, 0.4) is 0 Å². The maximum Gasteiger partial charge on any atom is 0.250 e. The van der Waals surface area contributed by atoms with Crippen molar-refractivity contribution in [3.05, 3.63) is 23.8 Å². The average molecular weight is 234 g/mol. The summed E-state index contributed by atoms with van der Waals surface area (Å²) in [6.07, 6.45) is 3.62. The Morgan fingerprint density at radius 2 is 2.29 bits per heavy atom. The number of nitrogen functional groups attached to an aromatic ring is 1. The number of nitrogens with one attached hydrogen (secondary N) is 1. The Bertz CT molecular complexity index is 394. The Morgan fingerprint density at radius 1 is 1.53 bits per heavy atom. The molecule has 0 spiro atoms. The quantitative estimate of drug-likeness (QED) is 0.784. The predicted molar refractivity (Wildman–Crippen MR) is 67.8 cm³/mol. The molecule has 0 saturated heterocycles. The molecule has 92 valence electrons. The summed E-state index contributed by atoms with van der Waals surface area (Å²) in [5.41, 5.74) is 8.04. The van der Waals surface area contributed by atoms with Gasteiger partial charge in [0.1, 0.15) is 6.61 Å². The smallest absolute Gasteiger partial charge is 0.250 e. The van der Waals surface area contributed by atoms with Crippen molar-refractivity contribution < 1.29 is 9.53 Å². The molecule has 0 unspecified atom stereocenters. The lowest BCUT2D eigenvalue weighted by atomic mass is 9.96. The molecule has 0 radical (unpaired) electrons. The van der Waals surface area contributed by atoms with Gasteiger partial charge in [-0.2, -0.15) is 0 Å². The number of rotatable bonds is 4. The van der Waals surface area contributed by atoms with Gasteiger partial charge in [0.2, 0.25) is 5.91 Å². The Morgan fingerprint density at radius 3 is 2.88 bits per heavy atom. The molecule has 2 rings (SSSR count). The number of nitrogens with two attached hydrogens (primary N) is 1. The highest BCUT2D eigenvalue weighted by Gasteiger charge is 2.19. The van der Waals surface area contributed by atoms with E-state index in [0.29, 0.717) is 11.4 Å². The van der Waals surface area contributed by atoms with Crippen LogP contribution in [0, 0.1) is 6.92 Å². The molecule has 3 N–H and O–H groups in total. The Balaban J connectivity index is 1.88. The highest BCUT2D eigenvalue weighted by Crippen LogP contribution is 2.23. The highest BCUT2D eigenvalue weighted by atomic mass is 16.5. The normalized spacial score (nSPS) is 15.4. The van der Waals surface area contributed by atoms with Gasteiger partial charge in [0.05, 0.1) is 17.5 Å². The van der Waals surface area contributed by atoms with E-state index >= 15 is 0 Å². The van der Waals surface area contributed by atoms with Crippen LogP contribution in [0.25, 0.3) is 0 Å². The summed E-state index contributed by atoms with van der Waals surface area (Å²) >= 11 is 0. The number of anilines is 2. The summed E-state index contributed by atoms with van der Waals surface area (Å²) in [5.74, 6) is -0.141. The molecule has 17 heavy (non-hydrogen) atoms. The minimum atomic E-state index is -0.141. The van der Waals surface area contributed by atoms with Crippen LogP contribution in [-0.4, -0.2) is 18.6 Å². The topological polar surface area (TPSA) is 64.3 Å². The zero-order chi connectivity index (χ0) is 12.3. The van der Waals surface area contributed by atoms with Gasteiger partial charge in [-0.15, -0.1) is 0 Å². The van der Waals surface area contributed by atoms with Gasteiger partial charge in [-0.1, -0.05) is 12.1 Å². The second-order valence-electron chi connectivity index (χ2n) is 4.45. The fourth-order valence-corrected chi connectivity index (χ4v) is 1.77. The first-order valence-electron chi connectivity index (χ1n) is 5.93. The van der Waals surface area contributed by atoms with Crippen molar-refractivity contribution >= 4 is 17.3 Å². The third kappa shape index (κ3) is 2.97. The van der Waals surface area contributed by atoms with Crippen molar-refractivity contribution in [1.29, 1.82) is 0 Å². The molecule has 0 atom stereocenters. The van der Waals surface area contributed by atoms with Gasteiger partial charge < -0.3 is 15.8 Å². The van der Waals surface area contributed by atoms with Crippen LogP contribution in [0.1, 0.15) is 24.8 Å². The van der Waals surface area contributed by atoms with E-state index in [1.165, 1.54) is 6.42 Å². The number of benzene rings is 1. The van der Waals surface area contributed by atoms with Crippen LogP contribution >= 0.6 is 0 Å². The molecule has 0 aromatic heterocycles. The summed E-state index contributed by atoms with van der Waals surface area (Å²) < 4.78 is 5.44. The lowest BCUT2D eigenvalue weighted by Gasteiger charge is -2.25. The molecule has 4 heteroatoms. The van der Waals surface area contributed by atoms with E-state index in [1.807, 2.05) is 19.1 Å². The van der Waals surface area contributed by atoms with E-state index < -0.39 is 0 Å². The minimum Gasteiger partial charge on any atom is -0.397 e. The van der Waals surface area contributed by atoms with E-state index in [1.54, 1.807) is 6.07 Å². The fraction of sp³-hybridized carbons (Fsp3) is 0.462. The van der Waals surface area contributed by atoms with Gasteiger partial charge in [0, 0.05) is 0 Å². The Labute approximate surface area is 101 Å². The highest BCUT2D eigenvalue weighted by molar-refractivity contribution is 5.95. The third-order valence-corrected chi connectivity index (χ3v) is 3.07. The summed E-state index contributed by atoms with van der Waals surface area (Å²) in [7, 11) is 0. The summed E-state index contributed by atoms with van der Waals surface area (Å²) in [4.78, 5) is 11.7. The van der Waals surface area contributed by atoms with Gasteiger partial charge in [-0.25, -0.2) is 0 Å². The Hall–Kier alpha value is -1.55. The second-order valence-corrected chi connectivity index (χ2v) is 4.45. The van der Waals surface area contributed by atoms with Crippen LogP contribution in [0.4, 0.5) is 11.4 Å². The first-order chi connectivity index (χ1) is 8.16. The van der Waals surface area contributed by atoms with Gasteiger partial charge in [-0.05, 0) is 37.8 Å². The lowest BCUT2D eigenvalue weighted by molar-refractivity contribution is -0.124. The first-order valence-corrected chi connectivity index (χ1v) is 5.93. The monoisotopic (exact) mass is 234 g/mol. The van der Waals surface area contributed by atoms with E-state index in [0.717, 1.165) is 18.4 Å². The molecule has 1 aliphatic rings. The van der Waals surface area contributed by atoms with Crippen LogP contribution in [0.2, 0.25) is 0 Å². The van der Waals surface area contributed by atoms with Crippen molar-refractivity contribution in [3.63, 3.8) is 0 Å². The van der Waals surface area contributed by atoms with E-state index in [9.17, 15) is 4.79 Å². The van der Waals surface area contributed by atoms with Crippen LogP contribution < -0.4 is 11.1 Å². The van der Waals surface area contributed by atoms with E-state index in [4.69, 9.17) is 10.5 Å². The standard InChI is InChI=1S/C13H18N2O2/c1-9-4-2-7-11(14)13(9)15-12(16)8-17-10-5-3-6-10/h2,4,7,10H,3,5-6,8,14H2,1H3,(H,15,16). The summed E-state index contributed by atoms with van der Waals surface area (Å²) in [5, 5.41) is 2.79. The number of carbonyl (C=O) groups excluding carboxylic acids is 1. The van der Waals surface area contributed by atoms with E-state index in [2.05, 4.69) is 5.32 Å². The summed E-state index contributed by atoms with van der Waals surface area (Å²) in [6.45, 7) is 2.03. The molecule has 1 saturated carbocycles. The fourth-order valence-electron chi connectivity index (χ4n) is 1.77. The molecule has 0 bridgehead atoms. The average Bonchev–Trinajstić information content (AvgIpc) is 2.21. The SMILES string of the molecule is Cc1cccc(N)c1NC(=O)COC1CCC1. The summed E-state index contributed by atoms with van der Waals surface area (Å²) in [6, 6.07) is 5.55. The van der Waals surface area contributed by atoms with Crippen LogP contribution in [0.5, 0.6) is 0 Å². The lowest BCUT2D eigenvalue weighted by Crippen LogP contribution is -2.27. The van der Waals surface area contributed by atoms with Gasteiger partial charge in [-0.3, -0.25) is 4.79 Å². The molecule has 1 aromatic carbocycles. The van der Waals surface area contributed by atoms with Crippen molar-refractivity contribution in [2.45, 2.75) is 32.3 Å². The molecule has 1 aromatic rings. The minimum absolute atomic E-state index is 0.110. The van der Waals surface area contributed by atoms with Crippen molar-refractivity contribution in [1.82, 2.24) is 0 Å². The number of carbonyl (C=O) groups is 1. The molecule has 0 heterocycles. The number of hydrogen-bond acceptors (Lipinski definition) is 3. The van der Waals surface area contributed by atoms with Crippen molar-refractivity contribution in [2.24, 2.45) is 0 Å².